The first kappa shape index (κ1) is 13.9. The highest BCUT2D eigenvalue weighted by Gasteiger charge is 2.56. The molecule has 0 saturated heterocycles. The molecule has 0 aromatic rings. The molecule has 4 fully saturated rings. The lowest BCUT2D eigenvalue weighted by Crippen LogP contribution is -2.51. The third-order valence-corrected chi connectivity index (χ3v) is 6.00. The van der Waals surface area contributed by atoms with Crippen molar-refractivity contribution in [1.82, 2.24) is 0 Å². The largest absolute Gasteiger partial charge is 0.480 e. The van der Waals surface area contributed by atoms with Crippen molar-refractivity contribution in [3.63, 3.8) is 0 Å². The second-order valence-electron chi connectivity index (χ2n) is 7.72. The van der Waals surface area contributed by atoms with E-state index >= 15 is 0 Å². The number of hydrogen-bond acceptors (Lipinski definition) is 3. The van der Waals surface area contributed by atoms with Crippen molar-refractivity contribution in [2.45, 2.75) is 51.9 Å². The fraction of sp³-hybridized carbons (Fsp3) is 0.875. The quantitative estimate of drug-likeness (QED) is 0.635. The third kappa shape index (κ3) is 2.04. The van der Waals surface area contributed by atoms with Gasteiger partial charge in [-0.25, -0.2) is 0 Å². The highest BCUT2D eigenvalue weighted by Crippen LogP contribution is 2.63. The molecular formula is C16H24O4. The van der Waals surface area contributed by atoms with Crippen LogP contribution in [0.2, 0.25) is 0 Å². The van der Waals surface area contributed by atoms with Crippen molar-refractivity contribution in [2.24, 2.45) is 28.6 Å². The predicted molar refractivity (Wildman–Crippen MR) is 73.0 cm³/mol. The van der Waals surface area contributed by atoms with Gasteiger partial charge in [-0.1, -0.05) is 0 Å². The van der Waals surface area contributed by atoms with Crippen molar-refractivity contribution in [1.29, 1.82) is 0 Å². The van der Waals surface area contributed by atoms with E-state index in [-0.39, 0.29) is 5.41 Å². The Bertz CT molecular complexity index is 406. The Labute approximate surface area is 119 Å². The van der Waals surface area contributed by atoms with Crippen LogP contribution in [0.15, 0.2) is 0 Å². The van der Waals surface area contributed by atoms with Gasteiger partial charge in [0, 0.05) is 0 Å². The Balaban J connectivity index is 1.85. The molecule has 4 heteroatoms. The summed E-state index contributed by atoms with van der Waals surface area (Å²) in [7, 11) is 1.28. The van der Waals surface area contributed by atoms with E-state index in [1.165, 1.54) is 26.4 Å². The minimum Gasteiger partial charge on any atom is -0.480 e. The Morgan fingerprint density at radius 1 is 1.15 bits per heavy atom. The number of methoxy groups -OCH3 is 1. The molecule has 0 aromatic heterocycles. The molecule has 4 bridgehead atoms. The van der Waals surface area contributed by atoms with Gasteiger partial charge in [0.1, 0.15) is 0 Å². The number of aliphatic carboxylic acids is 1. The summed E-state index contributed by atoms with van der Waals surface area (Å²) >= 11 is 0. The summed E-state index contributed by atoms with van der Waals surface area (Å²) in [6.07, 6.45) is 7.74. The molecule has 0 aliphatic heterocycles. The molecule has 0 spiro atoms. The summed E-state index contributed by atoms with van der Waals surface area (Å²) in [5.74, 6) is 0.645. The van der Waals surface area contributed by atoms with Crippen LogP contribution in [0.1, 0.15) is 51.9 Å². The number of esters is 1. The fourth-order valence-electron chi connectivity index (χ4n) is 5.72. The molecule has 0 radical (unpaired) electrons. The molecule has 4 aliphatic rings. The van der Waals surface area contributed by atoms with Gasteiger partial charge in [0.25, 0.3) is 0 Å². The second kappa shape index (κ2) is 4.47. The van der Waals surface area contributed by atoms with Crippen molar-refractivity contribution in [3.05, 3.63) is 0 Å². The van der Waals surface area contributed by atoms with E-state index in [1.807, 2.05) is 0 Å². The zero-order valence-electron chi connectivity index (χ0n) is 12.4. The summed E-state index contributed by atoms with van der Waals surface area (Å²) in [4.78, 5) is 23.6. The molecule has 0 heterocycles. The highest BCUT2D eigenvalue weighted by atomic mass is 16.5. The predicted octanol–water partition coefficient (Wildman–Crippen LogP) is 2.86. The first-order valence-corrected chi connectivity index (χ1v) is 7.69. The molecule has 1 atom stereocenters. The lowest BCUT2D eigenvalue weighted by molar-refractivity contribution is -0.172. The van der Waals surface area contributed by atoms with Crippen molar-refractivity contribution in [3.8, 4) is 0 Å². The molecule has 4 rings (SSSR count). The summed E-state index contributed by atoms with van der Waals surface area (Å²) in [6, 6.07) is 0. The van der Waals surface area contributed by atoms with Crippen LogP contribution < -0.4 is 0 Å². The second-order valence-corrected chi connectivity index (χ2v) is 7.72. The van der Waals surface area contributed by atoms with E-state index in [4.69, 9.17) is 4.74 Å². The van der Waals surface area contributed by atoms with E-state index in [9.17, 15) is 14.7 Å². The molecule has 112 valence electrons. The zero-order chi connectivity index (χ0) is 14.5. The lowest BCUT2D eigenvalue weighted by Gasteiger charge is -2.58. The maximum atomic E-state index is 12.0. The summed E-state index contributed by atoms with van der Waals surface area (Å²) in [5, 5.41) is 9.53. The van der Waals surface area contributed by atoms with E-state index in [0.717, 1.165) is 37.0 Å². The van der Waals surface area contributed by atoms with Gasteiger partial charge in [-0.3, -0.25) is 9.59 Å². The first-order valence-electron chi connectivity index (χ1n) is 7.69. The van der Waals surface area contributed by atoms with Gasteiger partial charge < -0.3 is 9.84 Å². The third-order valence-electron chi connectivity index (χ3n) is 6.00. The number of carbonyl (C=O) groups is 2. The smallest absolute Gasteiger partial charge is 0.322 e. The number of hydrogen-bond donors (Lipinski definition) is 1. The van der Waals surface area contributed by atoms with Crippen LogP contribution in [0.5, 0.6) is 0 Å². The number of carbonyl (C=O) groups excluding carboxylic acids is 1. The van der Waals surface area contributed by atoms with Gasteiger partial charge >= 0.3 is 11.9 Å². The van der Waals surface area contributed by atoms with Crippen molar-refractivity contribution >= 4 is 11.9 Å². The molecule has 0 amide bonds. The van der Waals surface area contributed by atoms with Crippen LogP contribution in [0.25, 0.3) is 0 Å². The number of ether oxygens (including phenoxy) is 1. The van der Waals surface area contributed by atoms with Crippen LogP contribution in [-0.4, -0.2) is 24.2 Å². The molecule has 0 unspecified atom stereocenters. The van der Waals surface area contributed by atoms with Gasteiger partial charge in [-0.05, 0) is 75.0 Å². The van der Waals surface area contributed by atoms with E-state index < -0.39 is 17.4 Å². The van der Waals surface area contributed by atoms with Gasteiger partial charge in [0.05, 0.1) is 7.11 Å². The Kier molecular flexibility index (Phi) is 3.11. The zero-order valence-corrected chi connectivity index (χ0v) is 12.4. The molecule has 4 saturated carbocycles. The van der Waals surface area contributed by atoms with Crippen LogP contribution in [0.4, 0.5) is 0 Å². The average Bonchev–Trinajstić information content (AvgIpc) is 2.35. The molecule has 20 heavy (non-hydrogen) atoms. The average molecular weight is 280 g/mol. The van der Waals surface area contributed by atoms with Crippen molar-refractivity contribution < 1.29 is 19.4 Å². The molecule has 1 N–H and O–H groups in total. The number of carboxylic acids is 1. The first-order chi connectivity index (χ1) is 9.37. The Morgan fingerprint density at radius 2 is 1.60 bits per heavy atom. The fourth-order valence-corrected chi connectivity index (χ4v) is 5.72. The number of carboxylic acid groups (broad SMARTS) is 1. The molecular weight excluding hydrogens is 256 g/mol. The minimum atomic E-state index is -1.39. The number of rotatable bonds is 4. The summed E-state index contributed by atoms with van der Waals surface area (Å²) in [5.41, 5.74) is -1.32. The Hall–Kier alpha value is -1.06. The lowest BCUT2D eigenvalue weighted by atomic mass is 9.47. The Morgan fingerprint density at radius 3 is 1.95 bits per heavy atom. The van der Waals surface area contributed by atoms with Crippen molar-refractivity contribution in [2.75, 3.05) is 7.11 Å². The van der Waals surface area contributed by atoms with Gasteiger partial charge in [0.15, 0.2) is 5.41 Å². The SMILES string of the molecule is COC(=O)[C@](C)(CC12CC3CC(CC(C3)C1)C2)C(=O)O. The van der Waals surface area contributed by atoms with Gasteiger partial charge in [-0.2, -0.15) is 0 Å². The molecule has 4 aliphatic carbocycles. The van der Waals surface area contributed by atoms with Crippen LogP contribution >= 0.6 is 0 Å². The monoisotopic (exact) mass is 280 g/mol. The van der Waals surface area contributed by atoms with Gasteiger partial charge in [0.2, 0.25) is 0 Å². The van der Waals surface area contributed by atoms with Crippen LogP contribution in [-0.2, 0) is 14.3 Å². The van der Waals surface area contributed by atoms with Crippen LogP contribution in [0, 0.1) is 28.6 Å². The molecule has 0 aromatic carbocycles. The van der Waals surface area contributed by atoms with E-state index in [2.05, 4.69) is 0 Å². The van der Waals surface area contributed by atoms with E-state index in [1.54, 1.807) is 6.92 Å². The maximum Gasteiger partial charge on any atom is 0.322 e. The molecule has 4 nitrogen and oxygen atoms in total. The highest BCUT2D eigenvalue weighted by molar-refractivity contribution is 5.98. The summed E-state index contributed by atoms with van der Waals surface area (Å²) in [6.45, 7) is 1.54. The minimum absolute atomic E-state index is 0.0656. The normalized spacial score (nSPS) is 41.2. The maximum absolute atomic E-state index is 12.0. The summed E-state index contributed by atoms with van der Waals surface area (Å²) < 4.78 is 4.77. The van der Waals surface area contributed by atoms with E-state index in [0.29, 0.717) is 6.42 Å². The van der Waals surface area contributed by atoms with Gasteiger partial charge in [-0.15, -0.1) is 0 Å². The van der Waals surface area contributed by atoms with Crippen LogP contribution in [0.3, 0.4) is 0 Å². The topological polar surface area (TPSA) is 63.6 Å². The standard InChI is InChI=1S/C16H24O4/c1-15(13(17)18,14(19)20-2)9-16-6-10-3-11(7-16)5-12(4-10)8-16/h10-12H,3-9H2,1-2H3,(H,17,18)/t10?,11?,12?,15-,16?/m1/s1.